The average Bonchev–Trinajstić information content (AvgIpc) is 0. The Bertz CT molecular complexity index is 8.00. The molecule has 0 heterocycles. The van der Waals surface area contributed by atoms with Crippen molar-refractivity contribution in [2.45, 2.75) is 0 Å². The molecule has 0 atom stereocenters. The Labute approximate surface area is 94.0 Å². The van der Waals surface area contributed by atoms with E-state index in [1.165, 1.54) is 0 Å². The maximum atomic E-state index is 0. The first-order chi connectivity index (χ1) is 0. The molecule has 0 aromatic heterocycles. The Balaban J connectivity index is 0. The van der Waals surface area contributed by atoms with E-state index in [1.807, 2.05) is 0 Å². The summed E-state index contributed by atoms with van der Waals surface area (Å²) >= 11 is 0. The molecule has 0 rings (SSSR count). The fraction of sp³-hybridized carbons (Fsp3) is 0. The van der Waals surface area contributed by atoms with E-state index in [9.17, 15) is 0 Å². The van der Waals surface area contributed by atoms with E-state index in [1.54, 1.807) is 0 Å². The van der Waals surface area contributed by atoms with Crippen molar-refractivity contribution in [2.24, 2.45) is 0 Å². The summed E-state index contributed by atoms with van der Waals surface area (Å²) in [4.78, 5) is 0. The van der Waals surface area contributed by atoms with Crippen LogP contribution < -0.4 is 0 Å². The molecule has 0 fully saturated rings. The summed E-state index contributed by atoms with van der Waals surface area (Å²) in [5.74, 6) is 0. The minimum absolute atomic E-state index is 0. The quantitative estimate of drug-likeness (QED) is 0.405. The van der Waals surface area contributed by atoms with Crippen LogP contribution in [0.4, 0.5) is 0 Å². The summed E-state index contributed by atoms with van der Waals surface area (Å²) in [5, 5.41) is 0. The standard InChI is InChI=1S/Al.Ca.Cu.Sn.7H. The molecule has 0 aromatic carbocycles. The number of rotatable bonds is 0. The second-order valence-corrected chi connectivity index (χ2v) is 0. The topological polar surface area (TPSA) is 0 Å². The predicted molar refractivity (Wildman–Crippen MR) is 27.0 cm³/mol. The zero-order chi connectivity index (χ0) is 0. The van der Waals surface area contributed by atoms with E-state index in [0.717, 1.165) is 0 Å². The maximum absolute atomic E-state index is 0. The van der Waals surface area contributed by atoms with Gasteiger partial charge < -0.3 is 0 Å². The molecule has 0 amide bonds. The summed E-state index contributed by atoms with van der Waals surface area (Å²) in [6.45, 7) is 0. The molecular formula is H7AlCaCuSn. The molecule has 4 heavy (non-hydrogen) atoms. The first-order valence-corrected chi connectivity index (χ1v) is 0. The molecule has 0 aliphatic heterocycles. The van der Waals surface area contributed by atoms with Gasteiger partial charge in [-0.05, 0) is 0 Å². The molecule has 27 valence electrons. The zero-order valence-electron chi connectivity index (χ0n) is 1.01. The summed E-state index contributed by atoms with van der Waals surface area (Å²) in [5.41, 5.74) is 0. The van der Waals surface area contributed by atoms with Crippen molar-refractivity contribution in [3.8, 4) is 0 Å². The van der Waals surface area contributed by atoms with Crippen LogP contribution in [-0.2, 0) is 17.1 Å². The van der Waals surface area contributed by atoms with Crippen molar-refractivity contribution in [3.05, 3.63) is 0 Å². The number of hydrogen-bond donors (Lipinski definition) is 0. The van der Waals surface area contributed by atoms with Crippen LogP contribution in [0.15, 0.2) is 0 Å². The molecule has 0 aliphatic rings. The molecule has 0 nitrogen and oxygen atoms in total. The van der Waals surface area contributed by atoms with Crippen LogP contribution in [0.5, 0.6) is 0 Å². The molecule has 0 saturated heterocycles. The van der Waals surface area contributed by atoms with Gasteiger partial charge in [-0.25, -0.2) is 0 Å². The van der Waals surface area contributed by atoms with Crippen molar-refractivity contribution in [1.82, 2.24) is 0 Å². The Kier molecular flexibility index (Phi) is 113. The zero-order valence-corrected chi connectivity index (χ0v) is 5.99. The molecule has 0 spiro atoms. The Hall–Kier alpha value is 3.11. The molecule has 0 saturated carbocycles. The van der Waals surface area contributed by atoms with Crippen molar-refractivity contribution < 1.29 is 17.1 Å². The second-order valence-electron chi connectivity index (χ2n) is 0. The van der Waals surface area contributed by atoms with Gasteiger partial charge in [0.2, 0.25) is 0 Å². The monoisotopic (exact) mass is 257 g/mol. The normalized spacial score (nSPS) is 0. The van der Waals surface area contributed by atoms with Gasteiger partial charge in [-0.15, -0.1) is 0 Å². The van der Waals surface area contributed by atoms with E-state index in [4.69, 9.17) is 0 Å². The molecule has 3 radical (unpaired) electrons. The van der Waals surface area contributed by atoms with Gasteiger partial charge in [0.1, 0.15) is 0 Å². The Morgan fingerprint density at radius 1 is 1.00 bits per heavy atom. The van der Waals surface area contributed by atoms with Gasteiger partial charge in [0.05, 0.1) is 0 Å². The fourth-order valence-corrected chi connectivity index (χ4v) is 0. The van der Waals surface area contributed by atoms with Crippen molar-refractivity contribution >= 4 is 79.0 Å². The van der Waals surface area contributed by atoms with Crippen molar-refractivity contribution in [1.29, 1.82) is 0 Å². The molecule has 0 unspecified atom stereocenters. The third-order valence-electron chi connectivity index (χ3n) is 0. The second kappa shape index (κ2) is 16.5. The van der Waals surface area contributed by atoms with Crippen LogP contribution in [0.25, 0.3) is 0 Å². The van der Waals surface area contributed by atoms with Crippen LogP contribution in [0.1, 0.15) is 0 Å². The fourth-order valence-electron chi connectivity index (χ4n) is 0. The van der Waals surface area contributed by atoms with Gasteiger partial charge in [-0.2, -0.15) is 0 Å². The minimum atomic E-state index is 0. The Morgan fingerprint density at radius 3 is 1.00 bits per heavy atom. The summed E-state index contributed by atoms with van der Waals surface area (Å²) in [7, 11) is 0. The van der Waals surface area contributed by atoms with Gasteiger partial charge in [-0.3, -0.25) is 0 Å². The van der Waals surface area contributed by atoms with Crippen LogP contribution in [-0.4, -0.2) is 79.0 Å². The van der Waals surface area contributed by atoms with E-state index in [2.05, 4.69) is 0 Å². The average molecular weight is 256 g/mol. The summed E-state index contributed by atoms with van der Waals surface area (Å²) in [6.07, 6.45) is 0. The molecule has 0 aromatic rings. The van der Waals surface area contributed by atoms with E-state index >= 15 is 0 Å². The van der Waals surface area contributed by atoms with Gasteiger partial charge >= 0.3 is 61.6 Å². The van der Waals surface area contributed by atoms with E-state index in [-0.39, 0.29) is 96.1 Å². The van der Waals surface area contributed by atoms with Crippen LogP contribution >= 0.6 is 0 Å². The number of hydrogen-bond acceptors (Lipinski definition) is 0. The van der Waals surface area contributed by atoms with Gasteiger partial charge in [0.25, 0.3) is 0 Å². The van der Waals surface area contributed by atoms with Crippen LogP contribution in [0.3, 0.4) is 0 Å². The third kappa shape index (κ3) is 8.92. The first-order valence-electron chi connectivity index (χ1n) is 0. The van der Waals surface area contributed by atoms with E-state index < -0.39 is 0 Å². The molecule has 0 N–H and O–H groups in total. The van der Waals surface area contributed by atoms with Crippen molar-refractivity contribution in [2.75, 3.05) is 0 Å². The molecule has 0 bridgehead atoms. The van der Waals surface area contributed by atoms with Gasteiger partial charge in [0.15, 0.2) is 17.4 Å². The van der Waals surface area contributed by atoms with Crippen LogP contribution in [0.2, 0.25) is 0 Å². The van der Waals surface area contributed by atoms with Crippen molar-refractivity contribution in [3.63, 3.8) is 0 Å². The molecule has 4 heteroatoms. The van der Waals surface area contributed by atoms with Gasteiger partial charge in [0, 0.05) is 17.1 Å². The first kappa shape index (κ1) is 27.4. The Morgan fingerprint density at radius 2 is 1.00 bits per heavy atom. The summed E-state index contributed by atoms with van der Waals surface area (Å²) in [6, 6.07) is 0. The summed E-state index contributed by atoms with van der Waals surface area (Å²) < 4.78 is 0. The van der Waals surface area contributed by atoms with Gasteiger partial charge in [-0.1, -0.05) is 0 Å². The SMILES string of the molecule is [AlH3].[CaH2].[Cu].[SnH2]. The molecule has 0 aliphatic carbocycles. The predicted octanol–water partition coefficient (Wildman–Crippen LogP) is -3.02. The molecular weight excluding hydrogens is 249 g/mol. The van der Waals surface area contributed by atoms with Crippen LogP contribution in [0, 0.1) is 0 Å². The van der Waals surface area contributed by atoms with E-state index in [0.29, 0.717) is 0 Å². The third-order valence-corrected chi connectivity index (χ3v) is 0.